The van der Waals surface area contributed by atoms with Gasteiger partial charge < -0.3 is 15.4 Å². The zero-order valence-corrected chi connectivity index (χ0v) is 11.3. The first-order valence-corrected chi connectivity index (χ1v) is 6.46. The van der Waals surface area contributed by atoms with Gasteiger partial charge in [-0.05, 0) is 37.3 Å². The molecule has 2 aromatic rings. The van der Waals surface area contributed by atoms with Gasteiger partial charge in [0.15, 0.2) is 6.10 Å². The Morgan fingerprint density at radius 3 is 3.00 bits per heavy atom. The van der Waals surface area contributed by atoms with Crippen LogP contribution in [0.5, 0.6) is 5.75 Å². The average Bonchev–Trinajstić information content (AvgIpc) is 2.49. The van der Waals surface area contributed by atoms with Crippen LogP contribution < -0.4 is 15.4 Å². The van der Waals surface area contributed by atoms with Crippen LogP contribution in [0.25, 0.3) is 0 Å². The highest BCUT2D eigenvalue weighted by atomic mass is 16.5. The molecule has 0 bridgehead atoms. The molecule has 1 aliphatic heterocycles. The molecule has 2 heterocycles. The molecule has 0 unspecified atom stereocenters. The van der Waals surface area contributed by atoms with Gasteiger partial charge in [0.2, 0.25) is 0 Å². The Hall–Kier alpha value is -2.89. The minimum atomic E-state index is -0.520. The topological polar surface area (TPSA) is 80.3 Å². The summed E-state index contributed by atoms with van der Waals surface area (Å²) in [6, 6.07) is 8.46. The second-order valence-corrected chi connectivity index (χ2v) is 4.66. The number of hydrogen-bond acceptors (Lipinski definition) is 4. The molecule has 1 atom stereocenters. The van der Waals surface area contributed by atoms with Gasteiger partial charge in [-0.15, -0.1) is 0 Å². The maximum atomic E-state index is 12.0. The Balaban J connectivity index is 1.80. The number of nitrogens with one attached hydrogen (secondary N) is 2. The zero-order chi connectivity index (χ0) is 14.8. The number of nitrogens with zero attached hydrogens (tertiary/aromatic N) is 1. The summed E-state index contributed by atoms with van der Waals surface area (Å²) in [4.78, 5) is 27.5. The van der Waals surface area contributed by atoms with Crippen LogP contribution in [0.15, 0.2) is 42.7 Å². The Morgan fingerprint density at radius 1 is 1.38 bits per heavy atom. The van der Waals surface area contributed by atoms with Crippen molar-refractivity contribution in [2.75, 3.05) is 10.6 Å². The van der Waals surface area contributed by atoms with E-state index in [1.54, 1.807) is 43.5 Å². The zero-order valence-electron chi connectivity index (χ0n) is 11.3. The molecule has 3 rings (SSSR count). The van der Waals surface area contributed by atoms with Crippen LogP contribution in [-0.4, -0.2) is 22.9 Å². The molecule has 0 spiro atoms. The molecule has 6 nitrogen and oxygen atoms in total. The summed E-state index contributed by atoms with van der Waals surface area (Å²) in [6.45, 7) is 1.68. The fraction of sp³-hybridized carbons (Fsp3) is 0.133. The highest BCUT2D eigenvalue weighted by Gasteiger charge is 2.23. The van der Waals surface area contributed by atoms with Crippen LogP contribution in [0.1, 0.15) is 17.3 Å². The molecule has 2 amide bonds. The number of ether oxygens (including phenoxy) is 1. The Labute approximate surface area is 121 Å². The number of benzene rings is 1. The number of fused-ring (bicyclic) bond motifs is 1. The third-order valence-electron chi connectivity index (χ3n) is 3.09. The summed E-state index contributed by atoms with van der Waals surface area (Å²) >= 11 is 0. The first kappa shape index (κ1) is 13.1. The molecule has 1 aromatic heterocycles. The molecule has 0 saturated carbocycles. The fourth-order valence-electron chi connectivity index (χ4n) is 1.99. The van der Waals surface area contributed by atoms with Crippen LogP contribution in [0, 0.1) is 0 Å². The number of carbonyl (C=O) groups excluding carboxylic acids is 2. The molecule has 1 aromatic carbocycles. The molecule has 2 N–H and O–H groups in total. The predicted molar refractivity (Wildman–Crippen MR) is 77.4 cm³/mol. The van der Waals surface area contributed by atoms with E-state index >= 15 is 0 Å². The second-order valence-electron chi connectivity index (χ2n) is 4.66. The van der Waals surface area contributed by atoms with Crippen molar-refractivity contribution in [3.05, 3.63) is 48.3 Å². The average molecular weight is 283 g/mol. The summed E-state index contributed by atoms with van der Waals surface area (Å²) in [6.07, 6.45) is 2.57. The van der Waals surface area contributed by atoms with E-state index in [0.717, 1.165) is 0 Å². The number of carbonyl (C=O) groups is 2. The molecule has 0 aliphatic carbocycles. The quantitative estimate of drug-likeness (QED) is 0.884. The van der Waals surface area contributed by atoms with Crippen molar-refractivity contribution in [3.63, 3.8) is 0 Å². The van der Waals surface area contributed by atoms with Crippen LogP contribution in [-0.2, 0) is 4.79 Å². The summed E-state index contributed by atoms with van der Waals surface area (Å²) in [5.41, 5.74) is 1.58. The predicted octanol–water partition coefficient (Wildman–Crippen LogP) is 2.05. The number of amides is 2. The first-order valence-electron chi connectivity index (χ1n) is 6.46. The molecule has 6 heteroatoms. The summed E-state index contributed by atoms with van der Waals surface area (Å²) in [7, 11) is 0. The van der Waals surface area contributed by atoms with Crippen LogP contribution in [0.3, 0.4) is 0 Å². The van der Waals surface area contributed by atoms with Crippen LogP contribution in [0.2, 0.25) is 0 Å². The van der Waals surface area contributed by atoms with Gasteiger partial charge in [-0.1, -0.05) is 0 Å². The van der Waals surface area contributed by atoms with E-state index < -0.39 is 6.10 Å². The van der Waals surface area contributed by atoms with E-state index in [9.17, 15) is 9.59 Å². The highest BCUT2D eigenvalue weighted by Crippen LogP contribution is 2.32. The van der Waals surface area contributed by atoms with Gasteiger partial charge in [-0.25, -0.2) is 0 Å². The lowest BCUT2D eigenvalue weighted by Crippen LogP contribution is -2.34. The molecule has 0 saturated heterocycles. The monoisotopic (exact) mass is 283 g/mol. The third kappa shape index (κ3) is 2.69. The fourth-order valence-corrected chi connectivity index (χ4v) is 1.99. The van der Waals surface area contributed by atoms with Crippen molar-refractivity contribution in [3.8, 4) is 5.75 Å². The van der Waals surface area contributed by atoms with Crippen LogP contribution in [0.4, 0.5) is 11.4 Å². The molecular weight excluding hydrogens is 270 g/mol. The maximum absolute atomic E-state index is 12.0. The van der Waals surface area contributed by atoms with E-state index in [4.69, 9.17) is 4.74 Å². The van der Waals surface area contributed by atoms with Gasteiger partial charge in [-0.2, -0.15) is 0 Å². The summed E-state index contributed by atoms with van der Waals surface area (Å²) in [5.74, 6) is 0.110. The van der Waals surface area contributed by atoms with Crippen molar-refractivity contribution in [1.29, 1.82) is 0 Å². The van der Waals surface area contributed by atoms with Crippen molar-refractivity contribution < 1.29 is 14.3 Å². The largest absolute Gasteiger partial charge is 0.479 e. The number of anilines is 2. The van der Waals surface area contributed by atoms with E-state index in [0.29, 0.717) is 22.7 Å². The van der Waals surface area contributed by atoms with Gasteiger partial charge in [0, 0.05) is 18.1 Å². The van der Waals surface area contributed by atoms with Gasteiger partial charge in [-0.3, -0.25) is 14.6 Å². The normalized spacial score (nSPS) is 16.4. The summed E-state index contributed by atoms with van der Waals surface area (Å²) < 4.78 is 5.45. The Bertz CT molecular complexity index is 701. The van der Waals surface area contributed by atoms with E-state index in [1.807, 2.05) is 0 Å². The summed E-state index contributed by atoms with van der Waals surface area (Å²) in [5, 5.41) is 5.48. The lowest BCUT2D eigenvalue weighted by Gasteiger charge is -2.23. The molecule has 0 radical (unpaired) electrons. The number of hydrogen-bond donors (Lipinski definition) is 2. The molecular formula is C15H13N3O3. The maximum Gasteiger partial charge on any atom is 0.265 e. The van der Waals surface area contributed by atoms with Crippen molar-refractivity contribution in [1.82, 2.24) is 4.98 Å². The van der Waals surface area contributed by atoms with Gasteiger partial charge in [0.05, 0.1) is 11.3 Å². The molecule has 0 fully saturated rings. The number of pyridine rings is 1. The second kappa shape index (κ2) is 5.24. The molecule has 1 aliphatic rings. The first-order chi connectivity index (χ1) is 10.1. The SMILES string of the molecule is C[C@@H]1Oc2ccc(NC(=O)c3cccnc3)cc2NC1=O. The van der Waals surface area contributed by atoms with Crippen molar-refractivity contribution in [2.24, 2.45) is 0 Å². The van der Waals surface area contributed by atoms with E-state index in [-0.39, 0.29) is 11.8 Å². The van der Waals surface area contributed by atoms with Gasteiger partial charge in [0.1, 0.15) is 5.75 Å². The Morgan fingerprint density at radius 2 is 2.24 bits per heavy atom. The third-order valence-corrected chi connectivity index (χ3v) is 3.09. The minimum Gasteiger partial charge on any atom is -0.479 e. The highest BCUT2D eigenvalue weighted by molar-refractivity contribution is 6.05. The smallest absolute Gasteiger partial charge is 0.265 e. The molecule has 106 valence electrons. The van der Waals surface area contributed by atoms with Crippen molar-refractivity contribution >= 4 is 23.2 Å². The van der Waals surface area contributed by atoms with Gasteiger partial charge in [0.25, 0.3) is 11.8 Å². The Kier molecular flexibility index (Phi) is 3.27. The minimum absolute atomic E-state index is 0.210. The standard InChI is InChI=1S/C15H13N3O3/c1-9-14(19)18-12-7-11(4-5-13(12)21-9)17-15(20)10-3-2-6-16-8-10/h2-9H,1H3,(H,17,20)(H,18,19)/t9-/m0/s1. The van der Waals surface area contributed by atoms with Crippen molar-refractivity contribution in [2.45, 2.75) is 13.0 Å². The lowest BCUT2D eigenvalue weighted by molar-refractivity contribution is -0.122. The van der Waals surface area contributed by atoms with E-state index in [2.05, 4.69) is 15.6 Å². The molecule has 21 heavy (non-hydrogen) atoms. The lowest BCUT2D eigenvalue weighted by atomic mass is 10.2. The van der Waals surface area contributed by atoms with Crippen LogP contribution >= 0.6 is 0 Å². The van der Waals surface area contributed by atoms with Gasteiger partial charge >= 0.3 is 0 Å². The van der Waals surface area contributed by atoms with E-state index in [1.165, 1.54) is 6.20 Å². The number of aromatic nitrogens is 1. The number of rotatable bonds is 2.